The minimum absolute atomic E-state index is 0.115. The zero-order valence-electron chi connectivity index (χ0n) is 10.9. The largest absolute Gasteiger partial charge is 0.436 e. The number of aromatic nitrogens is 1. The van der Waals surface area contributed by atoms with E-state index in [0.717, 1.165) is 0 Å². The second-order valence-corrected chi connectivity index (χ2v) is 4.05. The topological polar surface area (TPSA) is 57.9 Å². The van der Waals surface area contributed by atoms with Crippen LogP contribution in [0.25, 0.3) is 0 Å². The van der Waals surface area contributed by atoms with E-state index in [9.17, 15) is 8.78 Å². The molecule has 0 saturated carbocycles. The first kappa shape index (κ1) is 13.7. The van der Waals surface area contributed by atoms with Crippen LogP contribution < -0.4 is 10.1 Å². The van der Waals surface area contributed by atoms with E-state index < -0.39 is 11.6 Å². The number of nitriles is 1. The second kappa shape index (κ2) is 5.53. The molecule has 20 heavy (non-hydrogen) atoms. The van der Waals surface area contributed by atoms with E-state index in [2.05, 4.69) is 10.3 Å². The van der Waals surface area contributed by atoms with Crippen LogP contribution in [0.5, 0.6) is 11.6 Å². The van der Waals surface area contributed by atoms with Gasteiger partial charge < -0.3 is 10.1 Å². The third-order valence-corrected chi connectivity index (χ3v) is 2.66. The maximum atomic E-state index is 13.6. The first-order valence-electron chi connectivity index (χ1n) is 5.77. The Labute approximate surface area is 114 Å². The number of ether oxygens (including phenoxy) is 1. The van der Waals surface area contributed by atoms with E-state index >= 15 is 0 Å². The van der Waals surface area contributed by atoms with Crippen molar-refractivity contribution in [3.63, 3.8) is 0 Å². The van der Waals surface area contributed by atoms with Crippen molar-refractivity contribution in [2.24, 2.45) is 0 Å². The highest BCUT2D eigenvalue weighted by Crippen LogP contribution is 2.28. The third kappa shape index (κ3) is 2.67. The number of nitrogens with zero attached hydrogens (tertiary/aromatic N) is 2. The fraction of sp³-hybridized carbons (Fsp3) is 0.143. The lowest BCUT2D eigenvalue weighted by Crippen LogP contribution is -2.01. The highest BCUT2D eigenvalue weighted by Gasteiger charge is 2.14. The minimum Gasteiger partial charge on any atom is -0.436 e. The molecule has 2 aromatic rings. The van der Waals surface area contributed by atoms with Crippen molar-refractivity contribution in [1.82, 2.24) is 4.98 Å². The van der Waals surface area contributed by atoms with Gasteiger partial charge in [-0.3, -0.25) is 0 Å². The molecule has 1 heterocycles. The lowest BCUT2D eigenvalue weighted by Gasteiger charge is -2.10. The molecule has 0 aliphatic carbocycles. The van der Waals surface area contributed by atoms with E-state index in [-0.39, 0.29) is 11.7 Å². The molecule has 0 fully saturated rings. The molecular weight excluding hydrogens is 264 g/mol. The second-order valence-electron chi connectivity index (χ2n) is 4.05. The lowest BCUT2D eigenvalue weighted by atomic mass is 10.1. The highest BCUT2D eigenvalue weighted by molar-refractivity contribution is 5.45. The number of benzene rings is 1. The number of anilines is 1. The molecule has 1 N–H and O–H groups in total. The zero-order chi connectivity index (χ0) is 14.7. The molecule has 0 aliphatic rings. The third-order valence-electron chi connectivity index (χ3n) is 2.66. The summed E-state index contributed by atoms with van der Waals surface area (Å²) in [6.07, 6.45) is 0. The van der Waals surface area contributed by atoms with Crippen LogP contribution in [0.2, 0.25) is 0 Å². The molecule has 0 spiro atoms. The molecule has 1 aromatic heterocycles. The Morgan fingerprint density at radius 1 is 1.25 bits per heavy atom. The summed E-state index contributed by atoms with van der Waals surface area (Å²) in [5.41, 5.74) is 1.09. The predicted octanol–water partition coefficient (Wildman–Crippen LogP) is 3.37. The summed E-state index contributed by atoms with van der Waals surface area (Å²) in [7, 11) is 1.47. The van der Waals surface area contributed by atoms with Gasteiger partial charge in [-0.15, -0.1) is 0 Å². The number of pyridine rings is 1. The summed E-state index contributed by atoms with van der Waals surface area (Å²) >= 11 is 0. The van der Waals surface area contributed by atoms with Crippen molar-refractivity contribution in [2.75, 3.05) is 12.4 Å². The number of rotatable bonds is 3. The predicted molar refractivity (Wildman–Crippen MR) is 69.7 cm³/mol. The van der Waals surface area contributed by atoms with Gasteiger partial charge in [-0.05, 0) is 24.6 Å². The molecule has 0 atom stereocenters. The van der Waals surface area contributed by atoms with E-state index in [1.165, 1.54) is 13.1 Å². The van der Waals surface area contributed by atoms with E-state index in [0.29, 0.717) is 22.9 Å². The van der Waals surface area contributed by atoms with Crippen LogP contribution in [0, 0.1) is 29.9 Å². The van der Waals surface area contributed by atoms with Crippen LogP contribution in [-0.4, -0.2) is 12.0 Å². The van der Waals surface area contributed by atoms with E-state index in [1.54, 1.807) is 19.1 Å². The van der Waals surface area contributed by atoms with Crippen LogP contribution in [0.1, 0.15) is 11.1 Å². The lowest BCUT2D eigenvalue weighted by molar-refractivity contribution is 0.415. The van der Waals surface area contributed by atoms with Crippen molar-refractivity contribution in [3.8, 4) is 17.7 Å². The molecule has 0 unspecified atom stereocenters. The molecule has 6 heteroatoms. The smallest absolute Gasteiger partial charge is 0.258 e. The van der Waals surface area contributed by atoms with Gasteiger partial charge in [0.25, 0.3) is 5.88 Å². The summed E-state index contributed by atoms with van der Waals surface area (Å²) in [6.45, 7) is 1.75. The summed E-state index contributed by atoms with van der Waals surface area (Å²) in [5.74, 6) is -1.89. The van der Waals surface area contributed by atoms with Crippen LogP contribution in [0.15, 0.2) is 24.3 Å². The molecule has 0 radical (unpaired) electrons. The van der Waals surface area contributed by atoms with Crippen LogP contribution in [0.3, 0.4) is 0 Å². The van der Waals surface area contributed by atoms with Gasteiger partial charge in [-0.25, -0.2) is 8.78 Å². The Balaban J connectivity index is 2.42. The maximum absolute atomic E-state index is 13.6. The first-order valence-corrected chi connectivity index (χ1v) is 5.77. The summed E-state index contributed by atoms with van der Waals surface area (Å²) in [4.78, 5) is 3.72. The Hall–Kier alpha value is -2.68. The quantitative estimate of drug-likeness (QED) is 0.933. The van der Waals surface area contributed by atoms with Gasteiger partial charge in [-0.2, -0.15) is 10.2 Å². The van der Waals surface area contributed by atoms with Gasteiger partial charge in [-0.1, -0.05) is 6.07 Å². The summed E-state index contributed by atoms with van der Waals surface area (Å²) in [6, 6.07) is 7.42. The number of nitrogens with one attached hydrogen (secondary N) is 1. The van der Waals surface area contributed by atoms with Crippen molar-refractivity contribution in [3.05, 3.63) is 47.0 Å². The van der Waals surface area contributed by atoms with E-state index in [1.807, 2.05) is 6.07 Å². The van der Waals surface area contributed by atoms with Crippen molar-refractivity contribution >= 4 is 5.82 Å². The summed E-state index contributed by atoms with van der Waals surface area (Å²) < 4.78 is 32.3. The fourth-order valence-corrected chi connectivity index (χ4v) is 1.58. The Morgan fingerprint density at radius 2 is 2.00 bits per heavy atom. The van der Waals surface area contributed by atoms with Crippen LogP contribution in [0.4, 0.5) is 14.6 Å². The van der Waals surface area contributed by atoms with Gasteiger partial charge in [0, 0.05) is 13.1 Å². The molecule has 1 aromatic carbocycles. The van der Waals surface area contributed by atoms with Gasteiger partial charge >= 0.3 is 0 Å². The van der Waals surface area contributed by atoms with Gasteiger partial charge in [0.15, 0.2) is 17.5 Å². The highest BCUT2D eigenvalue weighted by atomic mass is 19.1. The monoisotopic (exact) mass is 275 g/mol. The van der Waals surface area contributed by atoms with E-state index in [4.69, 9.17) is 10.00 Å². The molecule has 0 amide bonds. The molecule has 0 saturated heterocycles. The van der Waals surface area contributed by atoms with Gasteiger partial charge in [0.2, 0.25) is 0 Å². The molecule has 0 bridgehead atoms. The van der Waals surface area contributed by atoms with Crippen molar-refractivity contribution < 1.29 is 13.5 Å². The maximum Gasteiger partial charge on any atom is 0.258 e. The zero-order valence-corrected chi connectivity index (χ0v) is 10.9. The number of aryl methyl sites for hydroxylation is 1. The fourth-order valence-electron chi connectivity index (χ4n) is 1.58. The van der Waals surface area contributed by atoms with Crippen LogP contribution >= 0.6 is 0 Å². The number of hydrogen-bond donors (Lipinski definition) is 1. The van der Waals surface area contributed by atoms with Crippen LogP contribution in [-0.2, 0) is 0 Å². The molecule has 2 rings (SSSR count). The Kier molecular flexibility index (Phi) is 3.80. The SMILES string of the molecule is CNc1nc(Oc2cc(C#N)ccc2C)c(F)cc1F. The molecular formula is C14H11F2N3O. The van der Waals surface area contributed by atoms with Gasteiger partial charge in [0.05, 0.1) is 11.6 Å². The minimum atomic E-state index is -0.914. The Bertz CT molecular complexity index is 696. The average molecular weight is 275 g/mol. The Morgan fingerprint density at radius 3 is 2.65 bits per heavy atom. The molecule has 102 valence electrons. The number of halogens is 2. The normalized spacial score (nSPS) is 9.95. The molecule has 4 nitrogen and oxygen atoms in total. The van der Waals surface area contributed by atoms with Crippen molar-refractivity contribution in [1.29, 1.82) is 5.26 Å². The van der Waals surface area contributed by atoms with Crippen molar-refractivity contribution in [2.45, 2.75) is 6.92 Å². The summed E-state index contributed by atoms with van der Waals surface area (Å²) in [5, 5.41) is 11.3. The standard InChI is InChI=1S/C14H11F2N3O/c1-8-3-4-9(7-17)5-12(8)20-14-11(16)6-10(15)13(18-2)19-14/h3-6H,1-2H3,(H,18,19). The first-order chi connectivity index (χ1) is 9.55. The average Bonchev–Trinajstić information content (AvgIpc) is 2.44. The van der Waals surface area contributed by atoms with Gasteiger partial charge in [0.1, 0.15) is 5.75 Å². The molecule has 0 aliphatic heterocycles. The number of hydrogen-bond acceptors (Lipinski definition) is 4.